The molecular weight excluding hydrogens is 375 g/mol. The Morgan fingerprint density at radius 2 is 1.54 bits per heavy atom. The molecule has 3 N–H and O–H groups in total. The van der Waals surface area contributed by atoms with Gasteiger partial charge in [-0.05, 0) is 37.7 Å². The van der Waals surface area contributed by atoms with Crippen molar-refractivity contribution in [2.75, 3.05) is 0 Å². The maximum Gasteiger partial charge on any atom is 0.370 e. The smallest absolute Gasteiger partial charge is 0.320 e. The van der Waals surface area contributed by atoms with Gasteiger partial charge < -0.3 is 9.79 Å². The summed E-state index contributed by atoms with van der Waals surface area (Å²) in [4.78, 5) is 17.9. The molecule has 0 aliphatic heterocycles. The van der Waals surface area contributed by atoms with Gasteiger partial charge in [-0.15, -0.1) is 0 Å². The Balaban J connectivity index is 4.46. The molecule has 0 aromatic heterocycles. The van der Waals surface area contributed by atoms with Gasteiger partial charge in [0.2, 0.25) is 0 Å². The predicted octanol–water partition coefficient (Wildman–Crippen LogP) is 5.03. The highest BCUT2D eigenvalue weighted by atomic mass is 32.2. The van der Waals surface area contributed by atoms with Crippen molar-refractivity contribution in [2.24, 2.45) is 11.8 Å². The molecule has 1 atom stereocenters. The zero-order valence-corrected chi connectivity index (χ0v) is 17.8. The number of hydrogen-bond acceptors (Lipinski definition) is 3. The number of allylic oxidation sites excluding steroid dienone is 5. The van der Waals surface area contributed by atoms with Gasteiger partial charge in [0.05, 0.1) is 0 Å². The topological polar surface area (TPSA) is 112 Å². The molecule has 0 aromatic rings. The molecule has 1 unspecified atom stereocenters. The maximum absolute atomic E-state index is 11.1. The SMILES string of the molecule is C\C(=C/C=C/C=C(\P(=O)(O)O)S(=O)(=O)O)CCCC(C)CCCC(C)C. The molecular formula is C18H33O6PS. The van der Waals surface area contributed by atoms with Crippen molar-refractivity contribution in [3.8, 4) is 0 Å². The van der Waals surface area contributed by atoms with Gasteiger partial charge in [-0.2, -0.15) is 8.42 Å². The van der Waals surface area contributed by atoms with Crippen molar-refractivity contribution >= 4 is 17.7 Å². The summed E-state index contributed by atoms with van der Waals surface area (Å²) in [6.45, 7) is 8.69. The lowest BCUT2D eigenvalue weighted by molar-refractivity contribution is 0.383. The second kappa shape index (κ2) is 11.9. The minimum Gasteiger partial charge on any atom is -0.320 e. The first-order chi connectivity index (χ1) is 11.8. The van der Waals surface area contributed by atoms with E-state index in [1.165, 1.54) is 31.4 Å². The van der Waals surface area contributed by atoms with Crippen LogP contribution in [0.15, 0.2) is 34.5 Å². The van der Waals surface area contributed by atoms with Crippen molar-refractivity contribution in [1.29, 1.82) is 0 Å². The van der Waals surface area contributed by atoms with E-state index < -0.39 is 22.4 Å². The largest absolute Gasteiger partial charge is 0.370 e. The molecule has 0 aromatic carbocycles. The van der Waals surface area contributed by atoms with E-state index in [2.05, 4.69) is 20.8 Å². The summed E-state index contributed by atoms with van der Waals surface area (Å²) in [6.07, 6.45) is 12.1. The molecule has 0 bridgehead atoms. The first kappa shape index (κ1) is 25.3. The van der Waals surface area contributed by atoms with E-state index in [4.69, 9.17) is 14.3 Å². The lowest BCUT2D eigenvalue weighted by atomic mass is 9.94. The molecule has 0 fully saturated rings. The van der Waals surface area contributed by atoms with Crippen LogP contribution < -0.4 is 0 Å². The molecule has 0 amide bonds. The molecule has 8 heteroatoms. The summed E-state index contributed by atoms with van der Waals surface area (Å²) >= 11 is 0. The lowest BCUT2D eigenvalue weighted by Gasteiger charge is -2.12. The van der Waals surface area contributed by atoms with Crippen LogP contribution in [-0.4, -0.2) is 22.8 Å². The van der Waals surface area contributed by atoms with E-state index in [1.54, 1.807) is 6.08 Å². The second-order valence-corrected chi connectivity index (χ2v) is 10.5. The highest BCUT2D eigenvalue weighted by Crippen LogP contribution is 2.47. The highest BCUT2D eigenvalue weighted by molar-refractivity contribution is 7.98. The van der Waals surface area contributed by atoms with Gasteiger partial charge in [0.25, 0.3) is 0 Å². The van der Waals surface area contributed by atoms with Crippen LogP contribution in [0.2, 0.25) is 0 Å². The zero-order valence-electron chi connectivity index (χ0n) is 16.1. The monoisotopic (exact) mass is 408 g/mol. The molecule has 152 valence electrons. The molecule has 0 aliphatic carbocycles. The zero-order chi connectivity index (χ0) is 20.4. The number of rotatable bonds is 12. The van der Waals surface area contributed by atoms with E-state index in [0.29, 0.717) is 5.92 Å². The summed E-state index contributed by atoms with van der Waals surface area (Å²) in [5, 5.41) is 0. The van der Waals surface area contributed by atoms with Crippen LogP contribution in [0.5, 0.6) is 0 Å². The van der Waals surface area contributed by atoms with Gasteiger partial charge >= 0.3 is 17.7 Å². The van der Waals surface area contributed by atoms with Crippen LogP contribution in [0.4, 0.5) is 0 Å². The summed E-state index contributed by atoms with van der Waals surface area (Å²) < 4.78 is 40.5. The predicted molar refractivity (Wildman–Crippen MR) is 106 cm³/mol. The quantitative estimate of drug-likeness (QED) is 0.237. The average molecular weight is 408 g/mol. The second-order valence-electron chi connectivity index (χ2n) is 7.24. The van der Waals surface area contributed by atoms with Crippen LogP contribution in [0.1, 0.15) is 66.2 Å². The Labute approximate surface area is 158 Å². The summed E-state index contributed by atoms with van der Waals surface area (Å²) in [6, 6.07) is 0. The molecule has 0 radical (unpaired) electrons. The molecule has 26 heavy (non-hydrogen) atoms. The molecule has 0 saturated carbocycles. The van der Waals surface area contributed by atoms with E-state index >= 15 is 0 Å². The first-order valence-electron chi connectivity index (χ1n) is 8.91. The van der Waals surface area contributed by atoms with Gasteiger partial charge in [0, 0.05) is 0 Å². The van der Waals surface area contributed by atoms with Gasteiger partial charge in [-0.25, -0.2) is 0 Å². The van der Waals surface area contributed by atoms with E-state index in [9.17, 15) is 13.0 Å². The Kier molecular flexibility index (Phi) is 11.6. The van der Waals surface area contributed by atoms with E-state index in [1.807, 2.05) is 6.92 Å². The standard InChI is InChI=1S/C18H33O6PS/c1-15(2)9-7-11-17(4)13-8-12-16(3)10-5-6-14-18(25(19,20)21)26(22,23)24/h5-6,10,14-15,17H,7-9,11-13H2,1-4H3,(H2,19,20,21)(H,22,23,24)/b6-5+,16-10+,18-14+. The normalized spacial score (nSPS) is 15.8. The molecule has 0 saturated heterocycles. The minimum atomic E-state index is -5.05. The van der Waals surface area contributed by atoms with Crippen molar-refractivity contribution < 1.29 is 27.3 Å². The van der Waals surface area contributed by atoms with Crippen molar-refractivity contribution in [1.82, 2.24) is 0 Å². The third kappa shape index (κ3) is 12.6. The van der Waals surface area contributed by atoms with Crippen LogP contribution in [0.25, 0.3) is 0 Å². The Hall–Kier alpha value is -0.720. The molecule has 0 spiro atoms. The molecule has 0 rings (SSSR count). The first-order valence-corrected chi connectivity index (χ1v) is 12.0. The maximum atomic E-state index is 11.1. The average Bonchev–Trinajstić information content (AvgIpc) is 2.43. The third-order valence-electron chi connectivity index (χ3n) is 4.03. The minimum absolute atomic E-state index is 0.695. The fourth-order valence-electron chi connectivity index (χ4n) is 2.52. The van der Waals surface area contributed by atoms with Gasteiger partial charge in [0.1, 0.15) is 0 Å². The third-order valence-corrected chi connectivity index (χ3v) is 6.82. The summed E-state index contributed by atoms with van der Waals surface area (Å²) in [5.74, 6) is 1.45. The van der Waals surface area contributed by atoms with Crippen molar-refractivity contribution in [3.05, 3.63) is 34.5 Å². The fourth-order valence-corrected chi connectivity index (χ4v) is 4.26. The molecule has 0 heterocycles. The van der Waals surface area contributed by atoms with Crippen LogP contribution in [0, 0.1) is 11.8 Å². The van der Waals surface area contributed by atoms with Gasteiger partial charge in [0.15, 0.2) is 4.65 Å². The highest BCUT2D eigenvalue weighted by Gasteiger charge is 2.31. The van der Waals surface area contributed by atoms with Crippen LogP contribution in [0.3, 0.4) is 0 Å². The Bertz CT molecular complexity index is 655. The van der Waals surface area contributed by atoms with Crippen molar-refractivity contribution in [3.63, 3.8) is 0 Å². The Morgan fingerprint density at radius 3 is 2.04 bits per heavy atom. The molecule has 0 aliphatic rings. The van der Waals surface area contributed by atoms with Crippen LogP contribution in [-0.2, 0) is 14.7 Å². The van der Waals surface area contributed by atoms with E-state index in [0.717, 1.165) is 36.8 Å². The lowest BCUT2D eigenvalue weighted by Crippen LogP contribution is -2.02. The Morgan fingerprint density at radius 1 is 1.00 bits per heavy atom. The van der Waals surface area contributed by atoms with Crippen LogP contribution >= 0.6 is 7.60 Å². The summed E-state index contributed by atoms with van der Waals surface area (Å²) in [7, 11) is -9.99. The summed E-state index contributed by atoms with van der Waals surface area (Å²) in [5.41, 5.74) is 1.09. The molecule has 6 nitrogen and oxygen atoms in total. The van der Waals surface area contributed by atoms with Gasteiger partial charge in [-0.3, -0.25) is 9.12 Å². The van der Waals surface area contributed by atoms with Crippen molar-refractivity contribution in [2.45, 2.75) is 66.2 Å². The van der Waals surface area contributed by atoms with Gasteiger partial charge in [-0.1, -0.05) is 70.3 Å². The van der Waals surface area contributed by atoms with E-state index in [-0.39, 0.29) is 0 Å². The number of hydrogen-bond donors (Lipinski definition) is 3. The fraction of sp³-hybridized carbons (Fsp3) is 0.667.